The minimum atomic E-state index is -3.23. The van der Waals surface area contributed by atoms with Crippen LogP contribution in [0, 0.1) is 0 Å². The Morgan fingerprint density at radius 3 is 2.19 bits per heavy atom. The Morgan fingerprint density at radius 2 is 1.67 bits per heavy atom. The number of ether oxygens (including phenoxy) is 1. The molecule has 0 aromatic heterocycles. The monoisotopic (exact) mass is 388 g/mol. The van der Waals surface area contributed by atoms with E-state index in [1.807, 2.05) is 24.3 Å². The highest BCUT2D eigenvalue weighted by Crippen LogP contribution is 2.26. The lowest BCUT2D eigenvalue weighted by atomic mass is 10.1. The predicted octanol–water partition coefficient (Wildman–Crippen LogP) is 2.22. The van der Waals surface area contributed by atoms with Gasteiger partial charge in [0.15, 0.2) is 9.84 Å². The van der Waals surface area contributed by atoms with E-state index in [0.29, 0.717) is 12.2 Å². The fraction of sp³-hybridized carbons (Fsp3) is 0.263. The van der Waals surface area contributed by atoms with Crippen LogP contribution in [0.1, 0.15) is 6.92 Å². The van der Waals surface area contributed by atoms with Crippen molar-refractivity contribution in [2.45, 2.75) is 17.9 Å². The molecule has 0 aliphatic carbocycles. The zero-order chi connectivity index (χ0) is 19.6. The quantitative estimate of drug-likeness (QED) is 0.848. The lowest BCUT2D eigenvalue weighted by Gasteiger charge is -2.14. The molecule has 7 nitrogen and oxygen atoms in total. The number of carbonyl (C=O) groups excluding carboxylic acids is 2. The van der Waals surface area contributed by atoms with E-state index in [9.17, 15) is 18.0 Å². The molecule has 2 aromatic carbocycles. The Kier molecular flexibility index (Phi) is 5.18. The molecule has 1 heterocycles. The van der Waals surface area contributed by atoms with E-state index >= 15 is 0 Å². The van der Waals surface area contributed by atoms with Crippen LogP contribution in [-0.2, 0) is 19.4 Å². The van der Waals surface area contributed by atoms with Crippen molar-refractivity contribution >= 4 is 27.5 Å². The van der Waals surface area contributed by atoms with E-state index < -0.39 is 15.9 Å². The van der Waals surface area contributed by atoms with E-state index in [2.05, 4.69) is 5.32 Å². The lowest BCUT2D eigenvalue weighted by molar-refractivity contribution is -0.119. The molecule has 2 amide bonds. The van der Waals surface area contributed by atoms with Crippen LogP contribution in [0.15, 0.2) is 53.4 Å². The molecule has 0 bridgehead atoms. The van der Waals surface area contributed by atoms with Crippen LogP contribution in [0.2, 0.25) is 0 Å². The molecule has 1 atom stereocenters. The average molecular weight is 388 g/mol. The Hall–Kier alpha value is -2.87. The number of amides is 2. The highest BCUT2D eigenvalue weighted by Gasteiger charge is 2.32. The molecule has 3 rings (SSSR count). The van der Waals surface area contributed by atoms with Gasteiger partial charge in [-0.3, -0.25) is 9.69 Å². The maximum Gasteiger partial charge on any atom is 0.414 e. The van der Waals surface area contributed by atoms with Gasteiger partial charge in [-0.05, 0) is 35.4 Å². The molecule has 1 unspecified atom stereocenters. The number of nitrogens with one attached hydrogen (secondary N) is 1. The van der Waals surface area contributed by atoms with Gasteiger partial charge in [0.1, 0.15) is 6.10 Å². The van der Waals surface area contributed by atoms with Crippen LogP contribution < -0.4 is 10.2 Å². The first-order valence-electron chi connectivity index (χ1n) is 8.37. The molecule has 0 saturated carbocycles. The summed E-state index contributed by atoms with van der Waals surface area (Å²) in [4.78, 5) is 24.8. The van der Waals surface area contributed by atoms with Crippen molar-refractivity contribution in [1.82, 2.24) is 5.32 Å². The van der Waals surface area contributed by atoms with E-state index in [0.717, 1.165) is 11.1 Å². The van der Waals surface area contributed by atoms with Gasteiger partial charge in [-0.15, -0.1) is 0 Å². The summed E-state index contributed by atoms with van der Waals surface area (Å²) >= 11 is 0. The van der Waals surface area contributed by atoms with Gasteiger partial charge < -0.3 is 10.1 Å². The smallest absolute Gasteiger partial charge is 0.414 e. The fourth-order valence-electron chi connectivity index (χ4n) is 2.82. The van der Waals surface area contributed by atoms with Crippen molar-refractivity contribution in [1.29, 1.82) is 0 Å². The highest BCUT2D eigenvalue weighted by atomic mass is 32.2. The average Bonchev–Trinajstić information content (AvgIpc) is 3.00. The summed E-state index contributed by atoms with van der Waals surface area (Å²) in [6.07, 6.45) is 0.339. The minimum absolute atomic E-state index is 0.171. The van der Waals surface area contributed by atoms with E-state index in [1.165, 1.54) is 18.1 Å². The maximum absolute atomic E-state index is 12.1. The summed E-state index contributed by atoms with van der Waals surface area (Å²) < 4.78 is 28.3. The number of sulfone groups is 1. The van der Waals surface area contributed by atoms with Crippen LogP contribution in [0.5, 0.6) is 0 Å². The summed E-state index contributed by atoms with van der Waals surface area (Å²) in [5.41, 5.74) is 2.48. The molecular weight excluding hydrogens is 368 g/mol. The normalized spacial score (nSPS) is 16.9. The van der Waals surface area contributed by atoms with E-state index in [-0.39, 0.29) is 23.5 Å². The molecule has 27 heavy (non-hydrogen) atoms. The Morgan fingerprint density at radius 1 is 1.11 bits per heavy atom. The SMILES string of the molecule is CC(=O)NCC1CN(c2ccc(-c3ccc(S(C)(=O)=O)cc3)cc2)C(=O)O1. The molecule has 8 heteroatoms. The standard InChI is InChI=1S/C19H20N2O5S/c1-13(22)20-11-17-12-21(19(23)26-17)16-7-3-14(4-8-16)15-5-9-18(10-6-15)27(2,24)25/h3-10,17H,11-12H2,1-2H3,(H,20,22). The third kappa shape index (κ3) is 4.46. The van der Waals surface area contributed by atoms with Gasteiger partial charge in [-0.25, -0.2) is 13.2 Å². The number of rotatable bonds is 5. The van der Waals surface area contributed by atoms with Gasteiger partial charge in [-0.2, -0.15) is 0 Å². The first-order valence-corrected chi connectivity index (χ1v) is 10.3. The largest absolute Gasteiger partial charge is 0.442 e. The highest BCUT2D eigenvalue weighted by molar-refractivity contribution is 7.90. The van der Waals surface area contributed by atoms with Crippen molar-refractivity contribution in [2.75, 3.05) is 24.2 Å². The van der Waals surface area contributed by atoms with Crippen LogP contribution in [-0.4, -0.2) is 45.9 Å². The summed E-state index contributed by atoms with van der Waals surface area (Å²) in [5.74, 6) is -0.171. The third-order valence-corrected chi connectivity index (χ3v) is 5.38. The van der Waals surface area contributed by atoms with Gasteiger partial charge in [0, 0.05) is 18.9 Å². The van der Waals surface area contributed by atoms with Crippen molar-refractivity contribution < 1.29 is 22.7 Å². The van der Waals surface area contributed by atoms with Crippen LogP contribution in [0.25, 0.3) is 11.1 Å². The molecule has 142 valence electrons. The summed E-state index contributed by atoms with van der Waals surface area (Å²) in [5, 5.41) is 2.64. The second-order valence-electron chi connectivity index (χ2n) is 6.40. The number of hydrogen-bond donors (Lipinski definition) is 1. The maximum atomic E-state index is 12.1. The summed E-state index contributed by atoms with van der Waals surface area (Å²) in [6, 6.07) is 14.0. The van der Waals surface area contributed by atoms with E-state index in [4.69, 9.17) is 4.74 Å². The lowest BCUT2D eigenvalue weighted by Crippen LogP contribution is -2.33. The minimum Gasteiger partial charge on any atom is -0.442 e. The second kappa shape index (κ2) is 7.40. The zero-order valence-electron chi connectivity index (χ0n) is 15.0. The first-order chi connectivity index (χ1) is 12.7. The molecular formula is C19H20N2O5S. The van der Waals surface area contributed by atoms with Crippen molar-refractivity contribution in [3.63, 3.8) is 0 Å². The molecule has 0 radical (unpaired) electrons. The van der Waals surface area contributed by atoms with Crippen molar-refractivity contribution in [3.05, 3.63) is 48.5 Å². The zero-order valence-corrected chi connectivity index (χ0v) is 15.8. The van der Waals surface area contributed by atoms with Gasteiger partial charge in [0.25, 0.3) is 0 Å². The summed E-state index contributed by atoms with van der Waals surface area (Å²) in [7, 11) is -3.23. The van der Waals surface area contributed by atoms with Crippen molar-refractivity contribution in [2.24, 2.45) is 0 Å². The molecule has 1 N–H and O–H groups in total. The second-order valence-corrected chi connectivity index (χ2v) is 8.41. The first kappa shape index (κ1) is 18.9. The van der Waals surface area contributed by atoms with Gasteiger partial charge in [0.05, 0.1) is 18.0 Å². The third-order valence-electron chi connectivity index (χ3n) is 4.25. The van der Waals surface area contributed by atoms with Crippen LogP contribution >= 0.6 is 0 Å². The molecule has 1 saturated heterocycles. The van der Waals surface area contributed by atoms with Gasteiger partial charge in [0.2, 0.25) is 5.91 Å². The molecule has 1 fully saturated rings. The van der Waals surface area contributed by atoms with Gasteiger partial charge in [-0.1, -0.05) is 24.3 Å². The number of carbonyl (C=O) groups is 2. The van der Waals surface area contributed by atoms with Crippen LogP contribution in [0.4, 0.5) is 10.5 Å². The van der Waals surface area contributed by atoms with Gasteiger partial charge >= 0.3 is 6.09 Å². The summed E-state index contributed by atoms with van der Waals surface area (Å²) in [6.45, 7) is 2.06. The van der Waals surface area contributed by atoms with E-state index in [1.54, 1.807) is 24.3 Å². The fourth-order valence-corrected chi connectivity index (χ4v) is 3.46. The molecule has 0 spiro atoms. The number of anilines is 1. The number of nitrogens with zero attached hydrogens (tertiary/aromatic N) is 1. The Labute approximate surface area is 157 Å². The molecule has 1 aliphatic heterocycles. The van der Waals surface area contributed by atoms with Crippen molar-refractivity contribution in [3.8, 4) is 11.1 Å². The molecule has 2 aromatic rings. The topological polar surface area (TPSA) is 92.8 Å². The number of hydrogen-bond acceptors (Lipinski definition) is 5. The Bertz CT molecular complexity index is 953. The molecule has 1 aliphatic rings. The predicted molar refractivity (Wildman–Crippen MR) is 101 cm³/mol. The van der Waals surface area contributed by atoms with Crippen LogP contribution in [0.3, 0.4) is 0 Å². The number of benzene rings is 2. The Balaban J connectivity index is 1.72. The number of cyclic esters (lactones) is 1.